The summed E-state index contributed by atoms with van der Waals surface area (Å²) in [5.41, 5.74) is 5.19. The molecule has 0 radical (unpaired) electrons. The number of fused-ring (bicyclic) bond motifs is 9. The Morgan fingerprint density at radius 1 is 0.387 bits per heavy atom. The molecule has 0 unspecified atom stereocenters. The van der Waals surface area contributed by atoms with Gasteiger partial charge in [0.25, 0.3) is 0 Å². The summed E-state index contributed by atoms with van der Waals surface area (Å²) in [4.78, 5) is 0. The first-order valence-corrected chi connectivity index (χ1v) is 21.3. The van der Waals surface area contributed by atoms with E-state index in [2.05, 4.69) is 95.2 Å². The molecule has 0 N–H and O–H groups in total. The van der Waals surface area contributed by atoms with Crippen LogP contribution in [0.25, 0.3) is 32.7 Å². The molecule has 0 atom stereocenters. The molecule has 0 fully saturated rings. The second-order valence-corrected chi connectivity index (χ2v) is 15.1. The van der Waals surface area contributed by atoms with Gasteiger partial charge in [-0.3, -0.25) is 0 Å². The molecule has 9 rings (SSSR count). The van der Waals surface area contributed by atoms with Crippen LogP contribution in [0.1, 0.15) is 36.8 Å². The first kappa shape index (κ1) is 40.1. The van der Waals surface area contributed by atoms with Crippen molar-refractivity contribution < 1.29 is 28.4 Å². The Labute approximate surface area is 362 Å². The molecule has 0 saturated heterocycles. The first-order valence-electron chi connectivity index (χ1n) is 21.3. The Hall–Kier alpha value is -7.32. The molecule has 310 valence electrons. The number of hydrogen-bond donors (Lipinski definition) is 0. The average molecular weight is 821 g/mol. The molecule has 0 amide bonds. The van der Waals surface area contributed by atoms with Crippen molar-refractivity contribution >= 4 is 32.9 Å². The molecule has 0 saturated carbocycles. The topological polar surface area (TPSA) is 80.1 Å². The summed E-state index contributed by atoms with van der Waals surface area (Å²) in [5, 5.41) is 13.2. The minimum atomic E-state index is 0.371. The molecule has 8 nitrogen and oxygen atoms in total. The van der Waals surface area contributed by atoms with Gasteiger partial charge in [0.2, 0.25) is 0 Å². The summed E-state index contributed by atoms with van der Waals surface area (Å²) in [6.45, 7) is 2.54. The summed E-state index contributed by atoms with van der Waals surface area (Å²) >= 11 is 0. The molecular formula is C54H48N2O6. The van der Waals surface area contributed by atoms with Crippen LogP contribution in [0.15, 0.2) is 180 Å². The SMILES string of the molecule is c1ccc(COc2cc3ccccc3c3c2OCCCCOc2ccccc2N=Nc2ccccc2OCCCCOc2c(OCc4ccccc4)cc4ccccc4c2-3)cc1. The fourth-order valence-electron chi connectivity index (χ4n) is 7.63. The molecule has 8 heteroatoms. The maximum absolute atomic E-state index is 6.98. The number of para-hydroxylation sites is 2. The Morgan fingerprint density at radius 3 is 1.21 bits per heavy atom. The molecule has 1 aliphatic heterocycles. The fraction of sp³-hybridized carbons (Fsp3) is 0.185. The van der Waals surface area contributed by atoms with Gasteiger partial charge in [-0.05, 0) is 94.8 Å². The number of nitrogens with zero attached hydrogens (tertiary/aromatic N) is 2. The van der Waals surface area contributed by atoms with Crippen LogP contribution in [0, 0.1) is 0 Å². The maximum atomic E-state index is 6.98. The lowest BCUT2D eigenvalue weighted by molar-refractivity contribution is 0.244. The lowest BCUT2D eigenvalue weighted by atomic mass is 9.91. The maximum Gasteiger partial charge on any atom is 0.169 e. The minimum absolute atomic E-state index is 0.371. The van der Waals surface area contributed by atoms with Gasteiger partial charge in [-0.25, -0.2) is 0 Å². The molecule has 8 aromatic carbocycles. The predicted octanol–water partition coefficient (Wildman–Crippen LogP) is 14.0. The molecule has 0 bridgehead atoms. The molecule has 1 aliphatic rings. The van der Waals surface area contributed by atoms with E-state index in [0.717, 1.165) is 69.5 Å². The Morgan fingerprint density at radius 2 is 0.758 bits per heavy atom. The van der Waals surface area contributed by atoms with Crippen molar-refractivity contribution in [2.24, 2.45) is 10.2 Å². The predicted molar refractivity (Wildman–Crippen MR) is 246 cm³/mol. The smallest absolute Gasteiger partial charge is 0.169 e. The van der Waals surface area contributed by atoms with E-state index in [9.17, 15) is 0 Å². The average Bonchev–Trinajstić information content (AvgIpc) is 3.32. The normalized spacial score (nSPS) is 13.5. The lowest BCUT2D eigenvalue weighted by Crippen LogP contribution is -2.08. The highest BCUT2D eigenvalue weighted by Crippen LogP contribution is 2.53. The van der Waals surface area contributed by atoms with Gasteiger partial charge in [0, 0.05) is 11.1 Å². The minimum Gasteiger partial charge on any atom is -0.491 e. The van der Waals surface area contributed by atoms with Crippen molar-refractivity contribution in [1.82, 2.24) is 0 Å². The summed E-state index contributed by atoms with van der Waals surface area (Å²) in [6.07, 6.45) is 2.93. The third-order valence-electron chi connectivity index (χ3n) is 10.7. The van der Waals surface area contributed by atoms with Crippen LogP contribution in [-0.2, 0) is 13.2 Å². The summed E-state index contributed by atoms with van der Waals surface area (Å²) in [7, 11) is 0. The molecule has 0 aromatic heterocycles. The zero-order chi connectivity index (χ0) is 41.8. The van der Waals surface area contributed by atoms with Gasteiger partial charge in [0.15, 0.2) is 23.0 Å². The van der Waals surface area contributed by atoms with Crippen molar-refractivity contribution in [2.75, 3.05) is 26.4 Å². The van der Waals surface area contributed by atoms with Crippen LogP contribution in [0.4, 0.5) is 11.4 Å². The molecule has 0 aliphatic carbocycles. The van der Waals surface area contributed by atoms with E-state index in [1.807, 2.05) is 84.9 Å². The van der Waals surface area contributed by atoms with Crippen molar-refractivity contribution in [1.29, 1.82) is 0 Å². The zero-order valence-corrected chi connectivity index (χ0v) is 34.6. The standard InChI is InChI=1S/C54H48N2O6/c1-3-19-39(20-4-1)37-61-49-35-41-23-7-9-25-43(41)51-52-44-26-10-8-24-42(44)36-50(62-38-40-21-5-2-6-22-40)54(52)60-34-18-16-32-58-48-30-14-12-28-46(48)56-55-45-27-11-13-29-47(45)57-31-15-17-33-59-53(49)51/h1-14,19-30,35-36H,15-18,31-34,37-38H2. The second kappa shape index (κ2) is 19.8. The Bertz CT molecular complexity index is 2580. The van der Waals surface area contributed by atoms with Crippen LogP contribution < -0.4 is 28.4 Å². The number of rotatable bonds is 6. The molecular weight excluding hydrogens is 773 g/mol. The van der Waals surface area contributed by atoms with Gasteiger partial charge in [-0.2, -0.15) is 0 Å². The van der Waals surface area contributed by atoms with Gasteiger partial charge in [0.05, 0.1) is 26.4 Å². The van der Waals surface area contributed by atoms with E-state index < -0.39 is 0 Å². The third-order valence-corrected chi connectivity index (χ3v) is 10.7. The van der Waals surface area contributed by atoms with Crippen LogP contribution in [0.3, 0.4) is 0 Å². The summed E-state index contributed by atoms with van der Waals surface area (Å²) in [5.74, 6) is 3.93. The monoisotopic (exact) mass is 820 g/mol. The molecule has 62 heavy (non-hydrogen) atoms. The van der Waals surface area contributed by atoms with Crippen molar-refractivity contribution in [3.63, 3.8) is 0 Å². The largest absolute Gasteiger partial charge is 0.491 e. The van der Waals surface area contributed by atoms with Gasteiger partial charge in [-0.1, -0.05) is 133 Å². The van der Waals surface area contributed by atoms with Gasteiger partial charge >= 0.3 is 0 Å². The van der Waals surface area contributed by atoms with Crippen LogP contribution in [0.5, 0.6) is 34.5 Å². The van der Waals surface area contributed by atoms with E-state index in [4.69, 9.17) is 28.4 Å². The van der Waals surface area contributed by atoms with E-state index >= 15 is 0 Å². The van der Waals surface area contributed by atoms with E-state index in [0.29, 0.717) is 85.5 Å². The number of azo groups is 1. The highest BCUT2D eigenvalue weighted by molar-refractivity contribution is 6.11. The molecule has 1 heterocycles. The Balaban J connectivity index is 1.16. The number of benzene rings is 8. The molecule has 8 aromatic rings. The summed E-state index contributed by atoms with van der Waals surface area (Å²) in [6, 6.07) is 56.8. The fourth-order valence-corrected chi connectivity index (χ4v) is 7.63. The number of ether oxygens (including phenoxy) is 6. The summed E-state index contributed by atoms with van der Waals surface area (Å²) < 4.78 is 40.1. The van der Waals surface area contributed by atoms with Crippen LogP contribution in [-0.4, -0.2) is 26.4 Å². The Kier molecular flexibility index (Phi) is 12.8. The van der Waals surface area contributed by atoms with Gasteiger partial charge < -0.3 is 28.4 Å². The van der Waals surface area contributed by atoms with Crippen molar-refractivity contribution in [3.05, 3.63) is 181 Å². The second-order valence-electron chi connectivity index (χ2n) is 15.1. The van der Waals surface area contributed by atoms with E-state index in [1.165, 1.54) is 0 Å². The van der Waals surface area contributed by atoms with E-state index in [-0.39, 0.29) is 0 Å². The van der Waals surface area contributed by atoms with Crippen molar-refractivity contribution in [2.45, 2.75) is 38.9 Å². The highest BCUT2D eigenvalue weighted by atomic mass is 16.5. The van der Waals surface area contributed by atoms with Crippen LogP contribution in [0.2, 0.25) is 0 Å². The van der Waals surface area contributed by atoms with Crippen LogP contribution >= 0.6 is 0 Å². The zero-order valence-electron chi connectivity index (χ0n) is 34.6. The van der Waals surface area contributed by atoms with E-state index in [1.54, 1.807) is 0 Å². The highest BCUT2D eigenvalue weighted by Gasteiger charge is 2.26. The van der Waals surface area contributed by atoms with Gasteiger partial charge in [0.1, 0.15) is 36.1 Å². The van der Waals surface area contributed by atoms with Crippen molar-refractivity contribution in [3.8, 4) is 45.6 Å². The first-order chi connectivity index (χ1) is 30.8. The lowest BCUT2D eigenvalue weighted by Gasteiger charge is -2.24. The van der Waals surface area contributed by atoms with Gasteiger partial charge in [-0.15, -0.1) is 10.2 Å². The molecule has 0 spiro atoms. The number of hydrogen-bond acceptors (Lipinski definition) is 8. The third kappa shape index (κ3) is 9.50. The quantitative estimate of drug-likeness (QED) is 0.166.